The molecule has 1 atom stereocenters. The van der Waals surface area contributed by atoms with Gasteiger partial charge in [0.05, 0.1) is 0 Å². The van der Waals surface area contributed by atoms with Crippen molar-refractivity contribution < 1.29 is 0 Å². The van der Waals surface area contributed by atoms with E-state index in [2.05, 4.69) is 60.4 Å². The van der Waals surface area contributed by atoms with E-state index in [1.165, 1.54) is 19.4 Å². The van der Waals surface area contributed by atoms with Crippen LogP contribution in [0.5, 0.6) is 0 Å². The van der Waals surface area contributed by atoms with Crippen molar-refractivity contribution >= 4 is 29.9 Å². The Bertz CT molecular complexity index is 288. The number of nitrogens with one attached hydrogen (secondary N) is 2. The number of halogens is 1. The van der Waals surface area contributed by atoms with Crippen molar-refractivity contribution in [3.8, 4) is 0 Å². The molecule has 0 amide bonds. The first-order valence-electron chi connectivity index (χ1n) is 8.56. The van der Waals surface area contributed by atoms with Crippen LogP contribution in [0.3, 0.4) is 0 Å². The summed E-state index contributed by atoms with van der Waals surface area (Å²) in [5.74, 6) is 0.942. The highest BCUT2D eigenvalue weighted by molar-refractivity contribution is 14.0. The van der Waals surface area contributed by atoms with Crippen LogP contribution >= 0.6 is 24.0 Å². The number of hydrogen-bond acceptors (Lipinski definition) is 2. The fourth-order valence-electron chi connectivity index (χ4n) is 2.20. The van der Waals surface area contributed by atoms with Gasteiger partial charge in [-0.1, -0.05) is 26.0 Å². The van der Waals surface area contributed by atoms with Crippen LogP contribution in [0.4, 0.5) is 0 Å². The minimum Gasteiger partial charge on any atom is -0.357 e. The molecule has 0 aliphatic carbocycles. The van der Waals surface area contributed by atoms with Gasteiger partial charge in [-0.2, -0.15) is 0 Å². The first kappa shape index (κ1) is 24.0. The summed E-state index contributed by atoms with van der Waals surface area (Å²) < 4.78 is 0. The molecule has 0 aliphatic heterocycles. The maximum Gasteiger partial charge on any atom is 0.191 e. The van der Waals surface area contributed by atoms with Gasteiger partial charge in [-0.3, -0.25) is 4.99 Å². The Morgan fingerprint density at radius 1 is 1.23 bits per heavy atom. The third-order valence-electron chi connectivity index (χ3n) is 3.53. The Morgan fingerprint density at radius 2 is 1.91 bits per heavy atom. The summed E-state index contributed by atoms with van der Waals surface area (Å²) in [6.45, 7) is 16.1. The van der Waals surface area contributed by atoms with E-state index in [-0.39, 0.29) is 24.0 Å². The predicted octanol–water partition coefficient (Wildman–Crippen LogP) is 3.64. The molecule has 1 unspecified atom stereocenters. The molecule has 0 fully saturated rings. The molecule has 0 saturated carbocycles. The SMILES string of the molecule is C/C=C/CCN=C(NCC)NC(C)CCCN(CC)CC.I. The molecule has 0 radical (unpaired) electrons. The van der Waals surface area contributed by atoms with E-state index >= 15 is 0 Å². The van der Waals surface area contributed by atoms with Crippen LogP contribution in [0.15, 0.2) is 17.1 Å². The van der Waals surface area contributed by atoms with E-state index in [0.717, 1.165) is 38.6 Å². The second-order valence-electron chi connectivity index (χ2n) is 5.33. The quantitative estimate of drug-likeness (QED) is 0.175. The van der Waals surface area contributed by atoms with Gasteiger partial charge in [0.15, 0.2) is 5.96 Å². The monoisotopic (exact) mass is 424 g/mol. The van der Waals surface area contributed by atoms with Gasteiger partial charge in [-0.05, 0) is 59.7 Å². The van der Waals surface area contributed by atoms with Crippen molar-refractivity contribution in [2.75, 3.05) is 32.7 Å². The van der Waals surface area contributed by atoms with Crippen LogP contribution in [0.25, 0.3) is 0 Å². The van der Waals surface area contributed by atoms with Crippen LogP contribution in [0.1, 0.15) is 53.9 Å². The first-order chi connectivity index (χ1) is 10.2. The average Bonchev–Trinajstić information content (AvgIpc) is 2.48. The average molecular weight is 424 g/mol. The van der Waals surface area contributed by atoms with E-state index in [1.54, 1.807) is 0 Å². The summed E-state index contributed by atoms with van der Waals surface area (Å²) in [7, 11) is 0. The molecule has 0 aliphatic rings. The summed E-state index contributed by atoms with van der Waals surface area (Å²) in [5.41, 5.74) is 0. The van der Waals surface area contributed by atoms with Crippen molar-refractivity contribution in [1.82, 2.24) is 15.5 Å². The molecule has 0 spiro atoms. The lowest BCUT2D eigenvalue weighted by Crippen LogP contribution is -2.42. The molecular formula is C17H37IN4. The standard InChI is InChI=1S/C17H36N4.HI/c1-6-10-11-14-19-17(18-7-2)20-16(5)13-12-15-21(8-3)9-4;/h6,10,16H,7-9,11-15H2,1-5H3,(H2,18,19,20);1H/b10-6+;. The molecule has 22 heavy (non-hydrogen) atoms. The molecule has 5 heteroatoms. The zero-order valence-corrected chi connectivity index (χ0v) is 17.5. The summed E-state index contributed by atoms with van der Waals surface area (Å²) in [6.07, 6.45) is 7.64. The zero-order valence-electron chi connectivity index (χ0n) is 15.2. The van der Waals surface area contributed by atoms with Gasteiger partial charge in [-0.15, -0.1) is 24.0 Å². The summed E-state index contributed by atoms with van der Waals surface area (Å²) in [6, 6.07) is 0.458. The topological polar surface area (TPSA) is 39.7 Å². The lowest BCUT2D eigenvalue weighted by atomic mass is 10.2. The van der Waals surface area contributed by atoms with Gasteiger partial charge >= 0.3 is 0 Å². The first-order valence-corrected chi connectivity index (χ1v) is 8.56. The maximum absolute atomic E-state index is 4.60. The van der Waals surface area contributed by atoms with Crippen molar-refractivity contribution in [1.29, 1.82) is 0 Å². The van der Waals surface area contributed by atoms with E-state index < -0.39 is 0 Å². The van der Waals surface area contributed by atoms with Gasteiger partial charge in [0.1, 0.15) is 0 Å². The van der Waals surface area contributed by atoms with E-state index in [1.807, 2.05) is 6.92 Å². The molecule has 4 nitrogen and oxygen atoms in total. The summed E-state index contributed by atoms with van der Waals surface area (Å²) in [4.78, 5) is 7.07. The number of allylic oxidation sites excluding steroid dienone is 1. The third-order valence-corrected chi connectivity index (χ3v) is 3.53. The lowest BCUT2D eigenvalue weighted by Gasteiger charge is -2.21. The molecule has 0 aromatic carbocycles. The van der Waals surface area contributed by atoms with Crippen LogP contribution in [0.2, 0.25) is 0 Å². The Labute approximate surface area is 155 Å². The molecular weight excluding hydrogens is 387 g/mol. The molecule has 0 bridgehead atoms. The van der Waals surface area contributed by atoms with Crippen molar-refractivity contribution in [2.45, 2.75) is 59.9 Å². The Balaban J connectivity index is 0. The number of guanidine groups is 1. The van der Waals surface area contributed by atoms with Crippen molar-refractivity contribution in [3.63, 3.8) is 0 Å². The Kier molecular flexibility index (Phi) is 18.6. The third kappa shape index (κ3) is 13.4. The fourth-order valence-corrected chi connectivity index (χ4v) is 2.20. The van der Waals surface area contributed by atoms with E-state index in [4.69, 9.17) is 0 Å². The highest BCUT2D eigenvalue weighted by Crippen LogP contribution is 1.99. The van der Waals surface area contributed by atoms with Gasteiger partial charge < -0.3 is 15.5 Å². The van der Waals surface area contributed by atoms with Crippen LogP contribution in [-0.2, 0) is 0 Å². The Morgan fingerprint density at radius 3 is 2.45 bits per heavy atom. The normalized spacial score (nSPS) is 13.3. The van der Waals surface area contributed by atoms with Crippen molar-refractivity contribution in [2.24, 2.45) is 4.99 Å². The molecule has 132 valence electrons. The van der Waals surface area contributed by atoms with Gasteiger partial charge in [0.2, 0.25) is 0 Å². The van der Waals surface area contributed by atoms with Crippen LogP contribution < -0.4 is 10.6 Å². The molecule has 0 aromatic heterocycles. The largest absolute Gasteiger partial charge is 0.357 e. The number of rotatable bonds is 11. The lowest BCUT2D eigenvalue weighted by molar-refractivity contribution is 0.292. The summed E-state index contributed by atoms with van der Waals surface area (Å²) in [5, 5.41) is 6.82. The number of hydrogen-bond donors (Lipinski definition) is 2. The van der Waals surface area contributed by atoms with Crippen molar-refractivity contribution in [3.05, 3.63) is 12.2 Å². The Hall–Kier alpha value is -0.300. The molecule has 0 heterocycles. The maximum atomic E-state index is 4.60. The minimum absolute atomic E-state index is 0. The highest BCUT2D eigenvalue weighted by atomic mass is 127. The van der Waals surface area contributed by atoms with Crippen LogP contribution in [0, 0.1) is 0 Å². The second-order valence-corrected chi connectivity index (χ2v) is 5.33. The fraction of sp³-hybridized carbons (Fsp3) is 0.824. The van der Waals surface area contributed by atoms with Gasteiger partial charge in [0.25, 0.3) is 0 Å². The van der Waals surface area contributed by atoms with E-state index in [9.17, 15) is 0 Å². The molecule has 0 rings (SSSR count). The number of aliphatic imine (C=N–C) groups is 1. The highest BCUT2D eigenvalue weighted by Gasteiger charge is 2.06. The minimum atomic E-state index is 0. The van der Waals surface area contributed by atoms with E-state index in [0.29, 0.717) is 6.04 Å². The second kappa shape index (κ2) is 17.1. The van der Waals surface area contributed by atoms with Gasteiger partial charge in [-0.25, -0.2) is 0 Å². The molecule has 0 saturated heterocycles. The molecule has 2 N–H and O–H groups in total. The number of nitrogens with zero attached hydrogens (tertiary/aromatic N) is 2. The predicted molar refractivity (Wildman–Crippen MR) is 110 cm³/mol. The van der Waals surface area contributed by atoms with Gasteiger partial charge in [0, 0.05) is 19.1 Å². The zero-order chi connectivity index (χ0) is 15.9. The van der Waals surface area contributed by atoms with Crippen LogP contribution in [-0.4, -0.2) is 49.6 Å². The molecule has 0 aromatic rings. The summed E-state index contributed by atoms with van der Waals surface area (Å²) >= 11 is 0. The smallest absolute Gasteiger partial charge is 0.191 e.